The Kier molecular flexibility index (Phi) is 7.53. The van der Waals surface area contributed by atoms with Gasteiger partial charge in [0.15, 0.2) is 0 Å². The van der Waals surface area contributed by atoms with Crippen molar-refractivity contribution in [2.45, 2.75) is 0 Å². The molecule has 0 heterocycles. The molecule has 0 saturated carbocycles. The van der Waals surface area contributed by atoms with Gasteiger partial charge in [0.25, 0.3) is 0 Å². The quantitative estimate of drug-likeness (QED) is 0.195. The molecule has 0 N–H and O–H groups in total. The first kappa shape index (κ1) is 23.1. The summed E-state index contributed by atoms with van der Waals surface area (Å²) in [6, 6.07) is 41.1. The van der Waals surface area contributed by atoms with E-state index in [0.29, 0.717) is 0 Å². The van der Waals surface area contributed by atoms with Gasteiger partial charge in [-0.2, -0.15) is 0 Å². The maximum atomic E-state index is 9.75. The second-order valence-electron chi connectivity index (χ2n) is 6.85. The van der Waals surface area contributed by atoms with E-state index in [1.54, 1.807) is 0 Å². The fraction of sp³-hybridized carbons (Fsp3) is 0. The van der Waals surface area contributed by atoms with E-state index in [-0.39, 0.29) is 1.43 Å². The standard InChI is InChI=1S/C24H20ClP.BF4/c25-20-16-18-24(19-17-20)26(21-10-4-1-5-11-21,22-12-6-2-7-13-22)23-14-8-3-9-15-23;2-1(3,4)5/h1-19,26H;/q;-1/p+1. The zero-order valence-electron chi connectivity index (χ0n) is 17.4. The molecule has 0 unspecified atom stereocenters. The van der Waals surface area contributed by atoms with Gasteiger partial charge < -0.3 is 17.3 Å². The van der Waals surface area contributed by atoms with Gasteiger partial charge in [-0.25, -0.2) is 0 Å². The summed E-state index contributed by atoms with van der Waals surface area (Å²) in [7, 11) is -8.38. The van der Waals surface area contributed by atoms with E-state index >= 15 is 0 Å². The molecule has 0 atom stereocenters. The first-order chi connectivity index (χ1) is 14.8. The summed E-state index contributed by atoms with van der Waals surface area (Å²) < 4.78 is 39.0. The topological polar surface area (TPSA) is 0 Å². The second-order valence-corrected chi connectivity index (χ2v) is 11.1. The minimum atomic E-state index is -6.00. The van der Waals surface area contributed by atoms with E-state index in [1.807, 2.05) is 12.1 Å². The van der Waals surface area contributed by atoms with Crippen molar-refractivity contribution in [3.8, 4) is 0 Å². The predicted octanol–water partition coefficient (Wildman–Crippen LogP) is 6.10. The molecule has 0 spiro atoms. The van der Waals surface area contributed by atoms with E-state index in [1.165, 1.54) is 21.2 Å². The van der Waals surface area contributed by atoms with Crippen LogP contribution in [0, 0.1) is 0 Å². The Morgan fingerprint density at radius 3 is 1.03 bits per heavy atom. The van der Waals surface area contributed by atoms with Crippen LogP contribution in [0.1, 0.15) is 1.43 Å². The largest absolute Gasteiger partial charge is 1.00 e. The Hall–Kier alpha value is -2.62. The van der Waals surface area contributed by atoms with Crippen molar-refractivity contribution in [3.63, 3.8) is 0 Å². The van der Waals surface area contributed by atoms with Crippen molar-refractivity contribution in [2.75, 3.05) is 0 Å². The van der Waals surface area contributed by atoms with Gasteiger partial charge in [0, 0.05) is 0 Å². The molecule has 31 heavy (non-hydrogen) atoms. The molecule has 0 nitrogen and oxygen atoms in total. The van der Waals surface area contributed by atoms with Crippen LogP contribution < -0.4 is 21.2 Å². The number of benzene rings is 4. The van der Waals surface area contributed by atoms with E-state index in [0.717, 1.165) is 5.02 Å². The molecular weight excluding hydrogens is 441 g/mol. The fourth-order valence-corrected chi connectivity index (χ4v) is 8.63. The average molecular weight is 463 g/mol. The number of rotatable bonds is 4. The Morgan fingerprint density at radius 2 is 0.742 bits per heavy atom. The third-order valence-electron chi connectivity index (χ3n) is 4.90. The summed E-state index contributed by atoms with van der Waals surface area (Å²) in [6.45, 7) is 0. The molecule has 4 aromatic rings. The number of hydrogen-bond donors (Lipinski definition) is 0. The van der Waals surface area contributed by atoms with Crippen LogP contribution in [-0.4, -0.2) is 7.25 Å². The van der Waals surface area contributed by atoms with Crippen LogP contribution in [0.2, 0.25) is 5.02 Å². The Balaban J connectivity index is 0.000000548. The molecule has 0 saturated heterocycles. The minimum Gasteiger partial charge on any atom is -0.418 e. The van der Waals surface area contributed by atoms with Crippen molar-refractivity contribution in [2.24, 2.45) is 0 Å². The zero-order valence-corrected chi connectivity index (χ0v) is 18.2. The normalized spacial score (nSPS) is 11.9. The van der Waals surface area contributed by atoms with E-state index in [4.69, 9.17) is 11.6 Å². The summed E-state index contributed by atoms with van der Waals surface area (Å²) in [5.74, 6) is 0. The molecule has 0 aliphatic rings. The first-order valence-electron chi connectivity index (χ1n) is 9.62. The number of halogens is 5. The van der Waals surface area contributed by atoms with Crippen LogP contribution in [-0.2, 0) is 0 Å². The van der Waals surface area contributed by atoms with Crippen molar-refractivity contribution < 1.29 is 18.7 Å². The molecule has 160 valence electrons. The third-order valence-corrected chi connectivity index (χ3v) is 9.95. The van der Waals surface area contributed by atoms with Gasteiger partial charge in [0.2, 0.25) is 0 Å². The van der Waals surface area contributed by atoms with Gasteiger partial charge >= 0.3 is 169 Å². The Bertz CT molecular complexity index is 977. The van der Waals surface area contributed by atoms with Gasteiger partial charge in [0.05, 0.1) is 0 Å². The molecule has 0 aliphatic heterocycles. The van der Waals surface area contributed by atoms with Gasteiger partial charge in [-0.1, -0.05) is 0 Å². The van der Waals surface area contributed by atoms with E-state index < -0.39 is 14.5 Å². The van der Waals surface area contributed by atoms with Crippen molar-refractivity contribution in [3.05, 3.63) is 120 Å². The van der Waals surface area contributed by atoms with Crippen molar-refractivity contribution in [1.82, 2.24) is 0 Å². The summed E-state index contributed by atoms with van der Waals surface area (Å²) in [5, 5.41) is 6.23. The Labute approximate surface area is 186 Å². The van der Waals surface area contributed by atoms with Gasteiger partial charge in [0.1, 0.15) is 0 Å². The smallest absolute Gasteiger partial charge is 0.418 e. The zero-order chi connectivity index (χ0) is 22.3. The molecule has 0 amide bonds. The van der Waals surface area contributed by atoms with Crippen LogP contribution >= 0.6 is 18.9 Å². The molecule has 4 aromatic carbocycles. The second kappa shape index (κ2) is 10.1. The van der Waals surface area contributed by atoms with Gasteiger partial charge in [-0.15, -0.1) is 0 Å². The molecular formula is C24H21BClF4P. The van der Waals surface area contributed by atoms with Gasteiger partial charge in [-0.05, 0) is 0 Å². The fourth-order valence-electron chi connectivity index (χ4n) is 3.76. The maximum Gasteiger partial charge on any atom is 1.00 e. The minimum absolute atomic E-state index is 0. The summed E-state index contributed by atoms with van der Waals surface area (Å²) >= 11 is 6.22. The number of hydrogen-bond acceptors (Lipinski definition) is 0. The van der Waals surface area contributed by atoms with Crippen molar-refractivity contribution in [1.29, 1.82) is 0 Å². The van der Waals surface area contributed by atoms with Crippen LogP contribution in [0.5, 0.6) is 0 Å². The molecule has 0 fully saturated rings. The molecule has 0 radical (unpaired) electrons. The molecule has 7 heteroatoms. The Morgan fingerprint density at radius 1 is 0.484 bits per heavy atom. The van der Waals surface area contributed by atoms with E-state index in [9.17, 15) is 17.3 Å². The van der Waals surface area contributed by atoms with Gasteiger partial charge in [-0.3, -0.25) is 0 Å². The van der Waals surface area contributed by atoms with Crippen LogP contribution in [0.3, 0.4) is 0 Å². The van der Waals surface area contributed by atoms with E-state index in [2.05, 4.69) is 103 Å². The molecule has 4 rings (SSSR count). The van der Waals surface area contributed by atoms with Crippen molar-refractivity contribution >= 4 is 47.3 Å². The van der Waals surface area contributed by atoms with Crippen LogP contribution in [0.4, 0.5) is 17.3 Å². The van der Waals surface area contributed by atoms with Crippen LogP contribution in [0.25, 0.3) is 0 Å². The van der Waals surface area contributed by atoms with Crippen LogP contribution in [0.15, 0.2) is 115 Å². The monoisotopic (exact) mass is 462 g/mol. The summed E-state index contributed by atoms with van der Waals surface area (Å²) in [5.41, 5.74) is 0. The predicted molar refractivity (Wildman–Crippen MR) is 129 cm³/mol. The molecule has 0 bridgehead atoms. The third kappa shape index (κ3) is 5.75. The first-order valence-corrected chi connectivity index (χ1v) is 12.0. The SMILES string of the molecule is Clc1ccc([PH](c2ccccc2)(c2ccccc2)c2ccccc2)cc1.F[B-](F)(F)F.[H+]. The average Bonchev–Trinajstić information content (AvgIpc) is 2.77. The summed E-state index contributed by atoms with van der Waals surface area (Å²) in [4.78, 5) is 0. The summed E-state index contributed by atoms with van der Waals surface area (Å²) in [6.07, 6.45) is 0. The molecule has 0 aliphatic carbocycles. The maximum absolute atomic E-state index is 9.75. The molecule has 0 aromatic heterocycles.